The summed E-state index contributed by atoms with van der Waals surface area (Å²) >= 11 is 1.49. The van der Waals surface area contributed by atoms with E-state index in [0.29, 0.717) is 0 Å². The SMILES string of the molecule is Cc1ccc(C)c(SP(=O)(c2ccccc2)c2ccccc2)c1. The first-order chi connectivity index (χ1) is 11.1. The summed E-state index contributed by atoms with van der Waals surface area (Å²) in [5, 5.41) is 1.77. The fourth-order valence-corrected chi connectivity index (χ4v) is 7.60. The maximum atomic E-state index is 14.0. The van der Waals surface area contributed by atoms with Gasteiger partial charge in [0.25, 0.3) is 0 Å². The molecule has 0 atom stereocenters. The summed E-state index contributed by atoms with van der Waals surface area (Å²) in [6.07, 6.45) is -2.78. The van der Waals surface area contributed by atoms with Crippen molar-refractivity contribution in [2.45, 2.75) is 18.7 Å². The van der Waals surface area contributed by atoms with Gasteiger partial charge in [0, 0.05) is 15.5 Å². The zero-order chi connectivity index (χ0) is 16.3. The van der Waals surface area contributed by atoms with Crippen LogP contribution in [0.4, 0.5) is 0 Å². The van der Waals surface area contributed by atoms with Gasteiger partial charge in [0.2, 0.25) is 0 Å². The zero-order valence-electron chi connectivity index (χ0n) is 13.3. The van der Waals surface area contributed by atoms with Gasteiger partial charge in [0.05, 0.1) is 0 Å². The van der Waals surface area contributed by atoms with Gasteiger partial charge in [0.1, 0.15) is 0 Å². The van der Waals surface area contributed by atoms with Gasteiger partial charge in [-0.3, -0.25) is 0 Å². The Bertz CT molecular complexity index is 801. The topological polar surface area (TPSA) is 17.1 Å². The highest BCUT2D eigenvalue weighted by molar-refractivity contribution is 8.62. The average Bonchev–Trinajstić information content (AvgIpc) is 2.59. The van der Waals surface area contributed by atoms with Gasteiger partial charge in [-0.2, -0.15) is 0 Å². The van der Waals surface area contributed by atoms with Gasteiger partial charge in [-0.05, 0) is 31.0 Å². The van der Waals surface area contributed by atoms with Crippen LogP contribution >= 0.6 is 17.7 Å². The Labute approximate surface area is 141 Å². The molecular formula is C20H19OPS. The third kappa shape index (κ3) is 3.44. The molecule has 0 aromatic heterocycles. The van der Waals surface area contributed by atoms with Gasteiger partial charge < -0.3 is 4.57 Å². The fraction of sp³-hybridized carbons (Fsp3) is 0.100. The van der Waals surface area contributed by atoms with Crippen molar-refractivity contribution in [1.82, 2.24) is 0 Å². The van der Waals surface area contributed by atoms with Crippen molar-refractivity contribution in [3.8, 4) is 0 Å². The minimum absolute atomic E-state index is 0.886. The summed E-state index contributed by atoms with van der Waals surface area (Å²) < 4.78 is 14.0. The van der Waals surface area contributed by atoms with Crippen LogP contribution in [0.2, 0.25) is 0 Å². The number of hydrogen-bond acceptors (Lipinski definition) is 2. The molecule has 0 N–H and O–H groups in total. The molecule has 0 radical (unpaired) electrons. The average molecular weight is 338 g/mol. The summed E-state index contributed by atoms with van der Waals surface area (Å²) in [7, 11) is 0. The van der Waals surface area contributed by atoms with Gasteiger partial charge in [-0.25, -0.2) is 0 Å². The van der Waals surface area contributed by atoms with Crippen molar-refractivity contribution in [1.29, 1.82) is 0 Å². The number of benzene rings is 3. The molecule has 3 heteroatoms. The first-order valence-electron chi connectivity index (χ1n) is 7.58. The summed E-state index contributed by atoms with van der Waals surface area (Å²) in [4.78, 5) is 1.08. The highest BCUT2D eigenvalue weighted by Crippen LogP contribution is 2.60. The van der Waals surface area contributed by atoms with Crippen LogP contribution in [0.25, 0.3) is 0 Å². The fourth-order valence-electron chi connectivity index (χ4n) is 2.45. The molecule has 23 heavy (non-hydrogen) atoms. The summed E-state index contributed by atoms with van der Waals surface area (Å²) in [6, 6.07) is 25.9. The van der Waals surface area contributed by atoms with Gasteiger partial charge in [-0.1, -0.05) is 84.2 Å². The lowest BCUT2D eigenvalue weighted by atomic mass is 10.2. The Morgan fingerprint density at radius 1 is 0.739 bits per heavy atom. The van der Waals surface area contributed by atoms with E-state index in [4.69, 9.17) is 0 Å². The summed E-state index contributed by atoms with van der Waals surface area (Å²) in [5.74, 6) is 0. The van der Waals surface area contributed by atoms with Crippen LogP contribution in [0.3, 0.4) is 0 Å². The van der Waals surface area contributed by atoms with E-state index in [1.807, 2.05) is 60.7 Å². The highest BCUT2D eigenvalue weighted by Gasteiger charge is 2.29. The molecule has 1 nitrogen and oxygen atoms in total. The molecule has 0 saturated carbocycles. The van der Waals surface area contributed by atoms with Crippen molar-refractivity contribution in [2.24, 2.45) is 0 Å². The van der Waals surface area contributed by atoms with Crippen LogP contribution in [-0.2, 0) is 4.57 Å². The molecule has 0 bridgehead atoms. The second-order valence-corrected chi connectivity index (χ2v) is 10.4. The Kier molecular flexibility index (Phi) is 4.75. The molecule has 0 heterocycles. The van der Waals surface area contributed by atoms with Crippen molar-refractivity contribution in [2.75, 3.05) is 0 Å². The third-order valence-electron chi connectivity index (χ3n) is 3.76. The molecule has 3 rings (SSSR count). The molecule has 3 aromatic carbocycles. The lowest BCUT2D eigenvalue weighted by Crippen LogP contribution is -2.13. The zero-order valence-corrected chi connectivity index (χ0v) is 15.0. The van der Waals surface area contributed by atoms with Gasteiger partial charge in [-0.15, -0.1) is 0 Å². The summed E-state index contributed by atoms with van der Waals surface area (Å²) in [5.41, 5.74) is 2.35. The first kappa shape index (κ1) is 16.1. The van der Waals surface area contributed by atoms with E-state index in [0.717, 1.165) is 21.1 Å². The van der Waals surface area contributed by atoms with Crippen molar-refractivity contribution in [3.63, 3.8) is 0 Å². The summed E-state index contributed by atoms with van der Waals surface area (Å²) in [6.45, 7) is 4.14. The molecule has 116 valence electrons. The quantitative estimate of drug-likeness (QED) is 0.599. The van der Waals surface area contributed by atoms with E-state index in [1.165, 1.54) is 16.9 Å². The third-order valence-corrected chi connectivity index (χ3v) is 9.24. The Morgan fingerprint density at radius 3 is 1.78 bits per heavy atom. The van der Waals surface area contributed by atoms with Crippen LogP contribution in [0.15, 0.2) is 83.8 Å². The van der Waals surface area contributed by atoms with Crippen LogP contribution in [0.5, 0.6) is 0 Å². The molecule has 0 unspecified atom stereocenters. The van der Waals surface area contributed by atoms with Crippen LogP contribution in [-0.4, -0.2) is 0 Å². The van der Waals surface area contributed by atoms with Crippen LogP contribution in [0.1, 0.15) is 11.1 Å². The molecule has 3 aromatic rings. The second kappa shape index (κ2) is 6.78. The normalized spacial score (nSPS) is 11.4. The van der Waals surface area contributed by atoms with E-state index in [9.17, 15) is 4.57 Å². The van der Waals surface area contributed by atoms with Crippen molar-refractivity contribution >= 4 is 28.3 Å². The van der Waals surface area contributed by atoms with Crippen molar-refractivity contribution in [3.05, 3.63) is 90.0 Å². The van der Waals surface area contributed by atoms with E-state index in [2.05, 4.69) is 32.0 Å². The lowest BCUT2D eigenvalue weighted by Gasteiger charge is -2.20. The Balaban J connectivity index is 2.14. The smallest absolute Gasteiger partial charge is 0.199 e. The molecule has 0 aliphatic heterocycles. The minimum Gasteiger partial charge on any atom is -0.302 e. The van der Waals surface area contributed by atoms with E-state index in [1.54, 1.807) is 0 Å². The Morgan fingerprint density at radius 2 is 1.26 bits per heavy atom. The predicted molar refractivity (Wildman–Crippen MR) is 102 cm³/mol. The van der Waals surface area contributed by atoms with Gasteiger partial charge >= 0.3 is 0 Å². The van der Waals surface area contributed by atoms with E-state index >= 15 is 0 Å². The molecule has 0 aliphatic carbocycles. The molecule has 0 amide bonds. The number of rotatable bonds is 4. The maximum absolute atomic E-state index is 14.0. The van der Waals surface area contributed by atoms with Gasteiger partial charge in [0.15, 0.2) is 6.34 Å². The minimum atomic E-state index is -2.78. The molecule has 0 spiro atoms. The van der Waals surface area contributed by atoms with Crippen LogP contribution in [0, 0.1) is 13.8 Å². The lowest BCUT2D eigenvalue weighted by molar-refractivity contribution is 0.595. The second-order valence-electron chi connectivity index (χ2n) is 5.58. The van der Waals surface area contributed by atoms with E-state index in [-0.39, 0.29) is 0 Å². The Hall–Kier alpha value is -1.76. The molecule has 0 saturated heterocycles. The largest absolute Gasteiger partial charge is 0.302 e. The first-order valence-corrected chi connectivity index (χ1v) is 10.7. The molecule has 0 fully saturated rings. The molecular weight excluding hydrogens is 319 g/mol. The van der Waals surface area contributed by atoms with Crippen molar-refractivity contribution < 1.29 is 4.57 Å². The standard InChI is InChI=1S/C20H19OPS/c1-16-13-14-17(2)20(15-16)23-22(21,18-9-5-3-6-10-18)19-11-7-4-8-12-19/h3-15H,1-2H3. The monoisotopic (exact) mass is 338 g/mol. The molecule has 0 aliphatic rings. The van der Waals surface area contributed by atoms with E-state index < -0.39 is 6.34 Å². The highest BCUT2D eigenvalue weighted by atomic mass is 32.7. The maximum Gasteiger partial charge on any atom is 0.199 e. The number of hydrogen-bond donors (Lipinski definition) is 0. The predicted octanol–water partition coefficient (Wildman–Crippen LogP) is 5.32. The van der Waals surface area contributed by atoms with Crippen LogP contribution < -0.4 is 10.6 Å². The number of aryl methyl sites for hydroxylation is 2.